The SMILES string of the molecule is COc1ccc(N2CCN(c3c(C)c(C)c4c(c3C)C(O)(c3ccc(F)cc3)C(C)(C)O4)CC2)cc1. The topological polar surface area (TPSA) is 45.2 Å². The molecule has 0 aromatic heterocycles. The Morgan fingerprint density at radius 3 is 2.00 bits per heavy atom. The molecule has 1 N–H and O–H groups in total. The standard InChI is InChI=1S/C30H35FN2O3/c1-19-20(2)28-26(30(34,29(4,5)36-28)22-7-9-23(31)10-8-22)21(3)27(19)33-17-15-32(16-18-33)24-11-13-25(35-6)14-12-24/h7-14,34H,15-18H2,1-6H3. The van der Waals surface area contributed by atoms with Gasteiger partial charge < -0.3 is 24.4 Å². The number of aliphatic hydroxyl groups is 1. The van der Waals surface area contributed by atoms with Crippen molar-refractivity contribution in [3.05, 3.63) is 82.2 Å². The summed E-state index contributed by atoms with van der Waals surface area (Å²) in [5.41, 5.74) is 4.67. The number of rotatable bonds is 4. The Balaban J connectivity index is 1.52. The van der Waals surface area contributed by atoms with Gasteiger partial charge in [0.2, 0.25) is 0 Å². The lowest BCUT2D eigenvalue weighted by atomic mass is 9.74. The second-order valence-corrected chi connectivity index (χ2v) is 10.4. The highest BCUT2D eigenvalue weighted by Crippen LogP contribution is 2.56. The molecule has 2 aliphatic rings. The van der Waals surface area contributed by atoms with E-state index in [2.05, 4.69) is 42.7 Å². The van der Waals surface area contributed by atoms with Crippen LogP contribution < -0.4 is 19.3 Å². The first kappa shape index (κ1) is 24.4. The number of benzene rings is 3. The molecule has 36 heavy (non-hydrogen) atoms. The van der Waals surface area contributed by atoms with E-state index in [0.717, 1.165) is 60.1 Å². The molecule has 5 nitrogen and oxygen atoms in total. The van der Waals surface area contributed by atoms with Gasteiger partial charge in [0.1, 0.15) is 22.9 Å². The van der Waals surface area contributed by atoms with E-state index < -0.39 is 11.2 Å². The minimum atomic E-state index is -1.40. The summed E-state index contributed by atoms with van der Waals surface area (Å²) in [7, 11) is 1.68. The minimum absolute atomic E-state index is 0.327. The Bertz CT molecular complexity index is 1280. The molecule has 3 aromatic carbocycles. The second-order valence-electron chi connectivity index (χ2n) is 10.4. The lowest BCUT2D eigenvalue weighted by Gasteiger charge is -2.40. The zero-order valence-electron chi connectivity index (χ0n) is 22.0. The molecule has 0 saturated carbocycles. The average molecular weight is 491 g/mol. The van der Waals surface area contributed by atoms with Crippen LogP contribution in [-0.2, 0) is 5.60 Å². The van der Waals surface area contributed by atoms with Gasteiger partial charge in [-0.3, -0.25) is 0 Å². The van der Waals surface area contributed by atoms with E-state index >= 15 is 0 Å². The lowest BCUT2D eigenvalue weighted by Crippen LogP contribution is -2.48. The largest absolute Gasteiger partial charge is 0.497 e. The van der Waals surface area contributed by atoms with Crippen LogP contribution in [0.3, 0.4) is 0 Å². The number of methoxy groups -OCH3 is 1. The highest BCUT2D eigenvalue weighted by Gasteiger charge is 2.57. The van der Waals surface area contributed by atoms with Crippen LogP contribution >= 0.6 is 0 Å². The Morgan fingerprint density at radius 2 is 1.42 bits per heavy atom. The molecular formula is C30H35FN2O3. The molecular weight excluding hydrogens is 455 g/mol. The van der Waals surface area contributed by atoms with Gasteiger partial charge in [-0.2, -0.15) is 0 Å². The van der Waals surface area contributed by atoms with Crippen molar-refractivity contribution in [2.45, 2.75) is 45.8 Å². The molecule has 190 valence electrons. The van der Waals surface area contributed by atoms with Gasteiger partial charge in [-0.1, -0.05) is 12.1 Å². The highest BCUT2D eigenvalue weighted by molar-refractivity contribution is 5.73. The van der Waals surface area contributed by atoms with Gasteiger partial charge in [0.05, 0.1) is 7.11 Å². The van der Waals surface area contributed by atoms with Crippen molar-refractivity contribution in [3.63, 3.8) is 0 Å². The van der Waals surface area contributed by atoms with Crippen molar-refractivity contribution in [3.8, 4) is 11.5 Å². The first-order chi connectivity index (χ1) is 17.1. The lowest BCUT2D eigenvalue weighted by molar-refractivity contribution is -0.0645. The zero-order valence-corrected chi connectivity index (χ0v) is 22.0. The molecule has 1 fully saturated rings. The van der Waals surface area contributed by atoms with Crippen molar-refractivity contribution in [1.82, 2.24) is 0 Å². The van der Waals surface area contributed by atoms with E-state index in [4.69, 9.17) is 9.47 Å². The van der Waals surface area contributed by atoms with Gasteiger partial charge in [-0.15, -0.1) is 0 Å². The van der Waals surface area contributed by atoms with Crippen LogP contribution in [0, 0.1) is 26.6 Å². The molecule has 1 atom stereocenters. The summed E-state index contributed by atoms with van der Waals surface area (Å²) in [6, 6.07) is 14.3. The fourth-order valence-electron chi connectivity index (χ4n) is 5.94. The van der Waals surface area contributed by atoms with E-state index in [1.807, 2.05) is 26.0 Å². The van der Waals surface area contributed by atoms with Crippen LogP contribution in [0.4, 0.5) is 15.8 Å². The van der Waals surface area contributed by atoms with Gasteiger partial charge >= 0.3 is 0 Å². The van der Waals surface area contributed by atoms with E-state index in [-0.39, 0.29) is 5.82 Å². The molecule has 0 radical (unpaired) electrons. The first-order valence-corrected chi connectivity index (χ1v) is 12.5. The predicted octanol–water partition coefficient (Wildman–Crippen LogP) is 5.49. The molecule has 0 spiro atoms. The van der Waals surface area contributed by atoms with Crippen molar-refractivity contribution in [2.75, 3.05) is 43.1 Å². The molecule has 2 aliphatic heterocycles. The maximum Gasteiger partial charge on any atom is 0.157 e. The fourth-order valence-corrected chi connectivity index (χ4v) is 5.94. The molecule has 0 aliphatic carbocycles. The van der Waals surface area contributed by atoms with Gasteiger partial charge in [-0.25, -0.2) is 4.39 Å². The maximum absolute atomic E-state index is 13.8. The molecule has 2 heterocycles. The average Bonchev–Trinajstić information content (AvgIpc) is 3.10. The van der Waals surface area contributed by atoms with Crippen molar-refractivity contribution < 1.29 is 19.0 Å². The summed E-state index contributed by atoms with van der Waals surface area (Å²) in [6.45, 7) is 13.6. The number of anilines is 2. The third-order valence-electron chi connectivity index (χ3n) is 8.10. The van der Waals surface area contributed by atoms with Crippen LogP contribution in [0.15, 0.2) is 48.5 Å². The number of hydrogen-bond donors (Lipinski definition) is 1. The number of piperazine rings is 1. The number of ether oxygens (including phenoxy) is 2. The fraction of sp³-hybridized carbons (Fsp3) is 0.400. The number of hydrogen-bond acceptors (Lipinski definition) is 5. The molecule has 1 saturated heterocycles. The Labute approximate surface area is 213 Å². The summed E-state index contributed by atoms with van der Waals surface area (Å²) in [5, 5.41) is 12.3. The Kier molecular flexibility index (Phi) is 5.91. The number of nitrogens with zero attached hydrogens (tertiary/aromatic N) is 2. The minimum Gasteiger partial charge on any atom is -0.497 e. The van der Waals surface area contributed by atoms with Gasteiger partial charge in [-0.05, 0) is 93.3 Å². The van der Waals surface area contributed by atoms with Gasteiger partial charge in [0, 0.05) is 43.1 Å². The second kappa shape index (κ2) is 8.70. The van der Waals surface area contributed by atoms with Crippen LogP contribution in [0.25, 0.3) is 0 Å². The van der Waals surface area contributed by atoms with E-state index in [0.29, 0.717) is 5.56 Å². The molecule has 6 heteroatoms. The molecule has 1 unspecified atom stereocenters. The van der Waals surface area contributed by atoms with Gasteiger partial charge in [0.25, 0.3) is 0 Å². The number of halogens is 1. The summed E-state index contributed by atoms with van der Waals surface area (Å²) >= 11 is 0. The maximum atomic E-state index is 13.8. The molecule has 5 rings (SSSR count). The summed E-state index contributed by atoms with van der Waals surface area (Å²) in [5.74, 6) is 1.27. The normalized spacial score (nSPS) is 20.8. The van der Waals surface area contributed by atoms with E-state index in [1.165, 1.54) is 23.4 Å². The summed E-state index contributed by atoms with van der Waals surface area (Å²) < 4.78 is 25.5. The molecule has 0 amide bonds. The summed E-state index contributed by atoms with van der Waals surface area (Å²) in [4.78, 5) is 4.82. The smallest absolute Gasteiger partial charge is 0.157 e. The first-order valence-electron chi connectivity index (χ1n) is 12.5. The predicted molar refractivity (Wildman–Crippen MR) is 142 cm³/mol. The Hall–Kier alpha value is -3.25. The van der Waals surface area contributed by atoms with E-state index in [9.17, 15) is 9.50 Å². The number of fused-ring (bicyclic) bond motifs is 1. The van der Waals surface area contributed by atoms with Crippen molar-refractivity contribution in [1.29, 1.82) is 0 Å². The third kappa shape index (κ3) is 3.62. The van der Waals surface area contributed by atoms with Crippen LogP contribution in [0.1, 0.15) is 41.7 Å². The zero-order chi connectivity index (χ0) is 25.8. The Morgan fingerprint density at radius 1 is 0.833 bits per heavy atom. The molecule has 0 bridgehead atoms. The van der Waals surface area contributed by atoms with Crippen LogP contribution in [0.5, 0.6) is 11.5 Å². The quantitative estimate of drug-likeness (QED) is 0.524. The van der Waals surface area contributed by atoms with E-state index in [1.54, 1.807) is 19.2 Å². The third-order valence-corrected chi connectivity index (χ3v) is 8.10. The molecule has 3 aromatic rings. The monoisotopic (exact) mass is 490 g/mol. The van der Waals surface area contributed by atoms with Crippen molar-refractivity contribution >= 4 is 11.4 Å². The van der Waals surface area contributed by atoms with Crippen molar-refractivity contribution in [2.24, 2.45) is 0 Å². The van der Waals surface area contributed by atoms with Crippen LogP contribution in [0.2, 0.25) is 0 Å². The highest BCUT2D eigenvalue weighted by atomic mass is 19.1. The van der Waals surface area contributed by atoms with Gasteiger partial charge in [0.15, 0.2) is 5.60 Å². The summed E-state index contributed by atoms with van der Waals surface area (Å²) in [6.07, 6.45) is 0. The van der Waals surface area contributed by atoms with Crippen LogP contribution in [-0.4, -0.2) is 44.0 Å².